The molecule has 0 saturated carbocycles. The van der Waals surface area contributed by atoms with Gasteiger partial charge in [0.25, 0.3) is 0 Å². The highest BCUT2D eigenvalue weighted by atomic mass is 32.2. The van der Waals surface area contributed by atoms with E-state index in [0.29, 0.717) is 19.4 Å². The second-order valence-electron chi connectivity index (χ2n) is 6.99. The monoisotopic (exact) mass is 364 g/mol. The molecule has 1 aromatic carbocycles. The van der Waals surface area contributed by atoms with Gasteiger partial charge >= 0.3 is 0 Å². The Morgan fingerprint density at radius 2 is 2.08 bits per heavy atom. The Kier molecular flexibility index (Phi) is 4.62. The number of hydrogen-bond acceptors (Lipinski definition) is 4. The van der Waals surface area contributed by atoms with Gasteiger partial charge in [0.15, 0.2) is 0 Å². The van der Waals surface area contributed by atoms with E-state index in [9.17, 15) is 18.0 Å². The van der Waals surface area contributed by atoms with Crippen molar-refractivity contribution < 1.29 is 18.0 Å². The van der Waals surface area contributed by atoms with Crippen LogP contribution >= 0.6 is 0 Å². The molecule has 2 aliphatic rings. The normalized spacial score (nSPS) is 25.3. The summed E-state index contributed by atoms with van der Waals surface area (Å²) in [6.45, 7) is 2.51. The van der Waals surface area contributed by atoms with Crippen LogP contribution in [0.1, 0.15) is 38.2 Å². The Labute approximate surface area is 148 Å². The van der Waals surface area contributed by atoms with Gasteiger partial charge in [-0.25, -0.2) is 8.42 Å². The van der Waals surface area contributed by atoms with Crippen molar-refractivity contribution in [2.45, 2.75) is 44.1 Å². The van der Waals surface area contributed by atoms with Crippen LogP contribution in [0.5, 0.6) is 0 Å². The van der Waals surface area contributed by atoms with Crippen LogP contribution in [0.15, 0.2) is 24.3 Å². The molecule has 2 amide bonds. The molecule has 1 N–H and O–H groups in total. The molecule has 1 aromatic rings. The number of carbonyl (C=O) groups is 2. The van der Waals surface area contributed by atoms with Crippen molar-refractivity contribution in [3.63, 3.8) is 0 Å². The third kappa shape index (κ3) is 3.05. The smallest absolute Gasteiger partial charge is 0.237 e. The highest BCUT2D eigenvalue weighted by molar-refractivity contribution is 7.90. The predicted molar refractivity (Wildman–Crippen MR) is 96.1 cm³/mol. The SMILES string of the molecule is CCC[C@@H]1N(C(=O)CCS(C)(=O)=O)CC[C@]12C(=O)Nc1ccccc12. The van der Waals surface area contributed by atoms with Gasteiger partial charge in [-0.2, -0.15) is 0 Å². The molecular weight excluding hydrogens is 340 g/mol. The fourth-order valence-electron chi connectivity index (χ4n) is 4.19. The van der Waals surface area contributed by atoms with Gasteiger partial charge in [0.05, 0.1) is 17.2 Å². The number of rotatable bonds is 5. The van der Waals surface area contributed by atoms with E-state index < -0.39 is 15.3 Å². The van der Waals surface area contributed by atoms with Gasteiger partial charge in [-0.3, -0.25) is 9.59 Å². The lowest BCUT2D eigenvalue weighted by Crippen LogP contribution is -2.48. The first-order chi connectivity index (χ1) is 11.8. The van der Waals surface area contributed by atoms with E-state index in [0.717, 1.165) is 23.9 Å². The third-order valence-corrected chi connectivity index (χ3v) is 6.27. The molecule has 1 spiro atoms. The van der Waals surface area contributed by atoms with Crippen LogP contribution in [-0.2, 0) is 24.8 Å². The molecule has 25 heavy (non-hydrogen) atoms. The fourth-order valence-corrected chi connectivity index (χ4v) is 4.74. The van der Waals surface area contributed by atoms with Gasteiger partial charge < -0.3 is 10.2 Å². The van der Waals surface area contributed by atoms with Crippen molar-refractivity contribution in [2.75, 3.05) is 23.9 Å². The largest absolute Gasteiger partial charge is 0.338 e. The maximum Gasteiger partial charge on any atom is 0.237 e. The summed E-state index contributed by atoms with van der Waals surface area (Å²) in [7, 11) is -3.19. The van der Waals surface area contributed by atoms with Crippen molar-refractivity contribution in [1.29, 1.82) is 0 Å². The Morgan fingerprint density at radius 3 is 2.76 bits per heavy atom. The van der Waals surface area contributed by atoms with Gasteiger partial charge in [-0.1, -0.05) is 31.5 Å². The van der Waals surface area contributed by atoms with Crippen LogP contribution in [0, 0.1) is 0 Å². The second kappa shape index (κ2) is 6.44. The lowest BCUT2D eigenvalue weighted by molar-refractivity contribution is -0.133. The molecule has 136 valence electrons. The molecule has 6 nitrogen and oxygen atoms in total. The number of anilines is 1. The molecule has 0 unspecified atom stereocenters. The summed E-state index contributed by atoms with van der Waals surface area (Å²) in [5.74, 6) is -0.389. The average Bonchev–Trinajstić information content (AvgIpc) is 3.06. The third-order valence-electron chi connectivity index (χ3n) is 5.32. The number of sulfone groups is 1. The average molecular weight is 364 g/mol. The van der Waals surface area contributed by atoms with Crippen LogP contribution < -0.4 is 5.32 Å². The number of benzene rings is 1. The van der Waals surface area contributed by atoms with Crippen LogP contribution in [0.2, 0.25) is 0 Å². The predicted octanol–water partition coefficient (Wildman–Crippen LogP) is 1.71. The number of para-hydroxylation sites is 1. The van der Waals surface area contributed by atoms with Crippen LogP contribution in [0.25, 0.3) is 0 Å². The second-order valence-corrected chi connectivity index (χ2v) is 9.25. The van der Waals surface area contributed by atoms with E-state index in [-0.39, 0.29) is 30.0 Å². The summed E-state index contributed by atoms with van der Waals surface area (Å²) in [6, 6.07) is 7.42. The fraction of sp³-hybridized carbons (Fsp3) is 0.556. The first-order valence-electron chi connectivity index (χ1n) is 8.68. The molecule has 2 aliphatic heterocycles. The van der Waals surface area contributed by atoms with E-state index in [1.54, 1.807) is 4.90 Å². The molecular formula is C18H24N2O4S. The van der Waals surface area contributed by atoms with E-state index in [2.05, 4.69) is 5.32 Å². The maximum atomic E-state index is 12.9. The number of amides is 2. The number of carbonyl (C=O) groups excluding carboxylic acids is 2. The van der Waals surface area contributed by atoms with Crippen LogP contribution in [0.4, 0.5) is 5.69 Å². The first-order valence-corrected chi connectivity index (χ1v) is 10.7. The van der Waals surface area contributed by atoms with Crippen LogP contribution in [-0.4, -0.2) is 49.7 Å². The molecule has 7 heteroatoms. The van der Waals surface area contributed by atoms with Crippen molar-refractivity contribution in [2.24, 2.45) is 0 Å². The highest BCUT2D eigenvalue weighted by Gasteiger charge is 2.58. The summed E-state index contributed by atoms with van der Waals surface area (Å²) in [5.41, 5.74) is 1.06. The number of hydrogen-bond donors (Lipinski definition) is 1. The lowest BCUT2D eigenvalue weighted by Gasteiger charge is -2.34. The highest BCUT2D eigenvalue weighted by Crippen LogP contribution is 2.49. The number of likely N-dealkylation sites (tertiary alicyclic amines) is 1. The molecule has 2 heterocycles. The lowest BCUT2D eigenvalue weighted by atomic mass is 9.73. The molecule has 1 fully saturated rings. The van der Waals surface area contributed by atoms with Gasteiger partial charge in [0, 0.05) is 24.9 Å². The first kappa shape index (κ1) is 17.9. The zero-order valence-electron chi connectivity index (χ0n) is 14.6. The van der Waals surface area contributed by atoms with Crippen molar-refractivity contribution in [3.05, 3.63) is 29.8 Å². The Hall–Kier alpha value is -1.89. The molecule has 0 bridgehead atoms. The summed E-state index contributed by atoms with van der Waals surface area (Å²) in [5, 5.41) is 2.96. The van der Waals surface area contributed by atoms with Crippen molar-refractivity contribution in [1.82, 2.24) is 4.90 Å². The van der Waals surface area contributed by atoms with Gasteiger partial charge in [-0.15, -0.1) is 0 Å². The summed E-state index contributed by atoms with van der Waals surface area (Å²) < 4.78 is 22.8. The molecule has 3 rings (SSSR count). The van der Waals surface area contributed by atoms with E-state index in [4.69, 9.17) is 0 Å². The zero-order valence-corrected chi connectivity index (χ0v) is 15.4. The molecule has 0 aromatic heterocycles. The molecule has 1 saturated heterocycles. The zero-order chi connectivity index (χ0) is 18.2. The number of fused-ring (bicyclic) bond motifs is 2. The Balaban J connectivity index is 1.93. The topological polar surface area (TPSA) is 83.6 Å². The summed E-state index contributed by atoms with van der Waals surface area (Å²) >= 11 is 0. The minimum atomic E-state index is -3.19. The summed E-state index contributed by atoms with van der Waals surface area (Å²) in [4.78, 5) is 27.3. The molecule has 2 atom stereocenters. The standard InChI is InChI=1S/C18H24N2O4S/c1-3-6-15-18(13-7-4-5-8-14(13)19-17(18)22)10-11-20(15)16(21)9-12-25(2,23)24/h4-5,7-8,15H,3,6,9-12H2,1-2H3,(H,19,22)/t15-,18+/m0/s1. The van der Waals surface area contributed by atoms with Gasteiger partial charge in [0.2, 0.25) is 11.8 Å². The van der Waals surface area contributed by atoms with E-state index in [1.165, 1.54) is 0 Å². The number of nitrogens with zero attached hydrogens (tertiary/aromatic N) is 1. The van der Waals surface area contributed by atoms with Crippen LogP contribution in [0.3, 0.4) is 0 Å². The summed E-state index contributed by atoms with van der Waals surface area (Å²) in [6.07, 6.45) is 3.24. The van der Waals surface area contributed by atoms with E-state index in [1.807, 2.05) is 31.2 Å². The maximum absolute atomic E-state index is 12.9. The minimum absolute atomic E-state index is 0.0294. The quantitative estimate of drug-likeness (QED) is 0.862. The van der Waals surface area contributed by atoms with Gasteiger partial charge in [0.1, 0.15) is 9.84 Å². The van der Waals surface area contributed by atoms with E-state index >= 15 is 0 Å². The Morgan fingerprint density at radius 1 is 1.36 bits per heavy atom. The van der Waals surface area contributed by atoms with Crippen molar-refractivity contribution >= 4 is 27.3 Å². The number of nitrogens with one attached hydrogen (secondary N) is 1. The molecule has 0 radical (unpaired) electrons. The molecule has 0 aliphatic carbocycles. The Bertz CT molecular complexity index is 805. The minimum Gasteiger partial charge on any atom is -0.338 e. The van der Waals surface area contributed by atoms with Crippen molar-refractivity contribution in [3.8, 4) is 0 Å². The van der Waals surface area contributed by atoms with Gasteiger partial charge in [-0.05, 0) is 24.5 Å².